The van der Waals surface area contributed by atoms with Crippen molar-refractivity contribution in [1.82, 2.24) is 0 Å². The minimum Gasteiger partial charge on any atom is -0.481 e. The van der Waals surface area contributed by atoms with Gasteiger partial charge in [-0.2, -0.15) is 0 Å². The Kier molecular flexibility index (Phi) is 1.10. The van der Waals surface area contributed by atoms with E-state index in [9.17, 15) is 13.6 Å². The number of aliphatic carboxylic acids is 1. The van der Waals surface area contributed by atoms with Gasteiger partial charge in [-0.05, 0) is 11.8 Å². The number of carboxylic acids is 1. The molecule has 2 aliphatic carbocycles. The van der Waals surface area contributed by atoms with Gasteiger partial charge < -0.3 is 5.11 Å². The molecule has 4 heteroatoms. The predicted molar refractivity (Wildman–Crippen MR) is 32.3 cm³/mol. The lowest BCUT2D eigenvalue weighted by Crippen LogP contribution is -2.17. The van der Waals surface area contributed by atoms with Crippen LogP contribution >= 0.6 is 0 Å². The topological polar surface area (TPSA) is 37.3 Å². The van der Waals surface area contributed by atoms with Gasteiger partial charge in [-0.25, -0.2) is 8.78 Å². The Morgan fingerprint density at radius 1 is 1.36 bits per heavy atom. The van der Waals surface area contributed by atoms with Crippen LogP contribution in [-0.2, 0) is 4.79 Å². The molecule has 62 valence electrons. The third-order valence-electron chi connectivity index (χ3n) is 2.69. The van der Waals surface area contributed by atoms with Gasteiger partial charge in [0.1, 0.15) is 0 Å². The molecule has 0 aliphatic heterocycles. The molecule has 0 saturated heterocycles. The third-order valence-corrected chi connectivity index (χ3v) is 2.69. The van der Waals surface area contributed by atoms with E-state index in [-0.39, 0.29) is 24.7 Å². The van der Waals surface area contributed by atoms with Crippen LogP contribution in [0.15, 0.2) is 0 Å². The molecule has 0 aromatic heterocycles. The predicted octanol–water partition coefficient (Wildman–Crippen LogP) is 1.36. The summed E-state index contributed by atoms with van der Waals surface area (Å²) in [7, 11) is 0. The van der Waals surface area contributed by atoms with Crippen LogP contribution in [0.3, 0.4) is 0 Å². The smallest absolute Gasteiger partial charge is 0.307 e. The SMILES string of the molecule is O=C(O)[C@@H]1C2CC(F)(F)C[C@H]21. The van der Waals surface area contributed by atoms with Gasteiger partial charge >= 0.3 is 5.97 Å². The van der Waals surface area contributed by atoms with E-state index >= 15 is 0 Å². The normalized spacial score (nSPS) is 45.1. The van der Waals surface area contributed by atoms with Crippen LogP contribution < -0.4 is 0 Å². The zero-order valence-electron chi connectivity index (χ0n) is 5.76. The highest BCUT2D eigenvalue weighted by Crippen LogP contribution is 2.62. The molecule has 11 heavy (non-hydrogen) atoms. The second-order valence-electron chi connectivity index (χ2n) is 3.46. The minimum absolute atomic E-state index is 0.214. The fourth-order valence-electron chi connectivity index (χ4n) is 2.14. The van der Waals surface area contributed by atoms with Crippen LogP contribution in [0.5, 0.6) is 0 Å². The Balaban J connectivity index is 2.01. The van der Waals surface area contributed by atoms with Gasteiger partial charge in [-0.3, -0.25) is 4.79 Å². The number of fused-ring (bicyclic) bond motifs is 1. The van der Waals surface area contributed by atoms with Crippen LogP contribution in [0.1, 0.15) is 12.8 Å². The summed E-state index contributed by atoms with van der Waals surface area (Å²) < 4.78 is 24.9. The van der Waals surface area contributed by atoms with Crippen molar-refractivity contribution in [2.75, 3.05) is 0 Å². The molecule has 0 heterocycles. The molecule has 1 unspecified atom stereocenters. The number of carboxylic acid groups (broad SMARTS) is 1. The van der Waals surface area contributed by atoms with Crippen LogP contribution in [-0.4, -0.2) is 17.0 Å². The summed E-state index contributed by atoms with van der Waals surface area (Å²) in [5, 5.41) is 8.48. The molecule has 2 rings (SSSR count). The average Bonchev–Trinajstić information content (AvgIpc) is 2.31. The van der Waals surface area contributed by atoms with E-state index in [1.54, 1.807) is 0 Å². The second-order valence-corrected chi connectivity index (χ2v) is 3.46. The summed E-state index contributed by atoms with van der Waals surface area (Å²) in [5.74, 6) is -4.42. The monoisotopic (exact) mass is 162 g/mol. The number of hydrogen-bond acceptors (Lipinski definition) is 1. The molecule has 0 aromatic carbocycles. The second kappa shape index (κ2) is 1.73. The van der Waals surface area contributed by atoms with E-state index in [0.717, 1.165) is 0 Å². The highest BCUT2D eigenvalue weighted by molar-refractivity contribution is 5.74. The fraction of sp³-hybridized carbons (Fsp3) is 0.857. The first-order valence-electron chi connectivity index (χ1n) is 3.62. The van der Waals surface area contributed by atoms with Crippen molar-refractivity contribution in [2.45, 2.75) is 18.8 Å². The van der Waals surface area contributed by atoms with Gasteiger partial charge in [0.2, 0.25) is 5.92 Å². The summed E-state index contributed by atoms with van der Waals surface area (Å²) in [5.41, 5.74) is 0. The van der Waals surface area contributed by atoms with E-state index in [1.807, 2.05) is 0 Å². The van der Waals surface area contributed by atoms with Crippen molar-refractivity contribution in [3.63, 3.8) is 0 Å². The lowest BCUT2D eigenvalue weighted by atomic mass is 10.1. The Morgan fingerprint density at radius 2 is 1.82 bits per heavy atom. The molecule has 0 spiro atoms. The molecule has 2 saturated carbocycles. The van der Waals surface area contributed by atoms with Gasteiger partial charge in [0.15, 0.2) is 0 Å². The number of rotatable bonds is 1. The van der Waals surface area contributed by atoms with E-state index in [1.165, 1.54) is 0 Å². The Bertz CT molecular complexity index is 200. The van der Waals surface area contributed by atoms with Crippen LogP contribution in [0.25, 0.3) is 0 Å². The molecule has 1 N–H and O–H groups in total. The van der Waals surface area contributed by atoms with Gasteiger partial charge in [0.25, 0.3) is 0 Å². The lowest BCUT2D eigenvalue weighted by molar-refractivity contribution is -0.140. The van der Waals surface area contributed by atoms with Crippen molar-refractivity contribution < 1.29 is 18.7 Å². The molecule has 0 amide bonds. The largest absolute Gasteiger partial charge is 0.481 e. The maximum absolute atomic E-state index is 12.5. The van der Waals surface area contributed by atoms with E-state index in [4.69, 9.17) is 5.11 Å². The summed E-state index contributed by atoms with van der Waals surface area (Å²) >= 11 is 0. The maximum Gasteiger partial charge on any atom is 0.307 e. The summed E-state index contributed by atoms with van der Waals surface area (Å²) in [6.07, 6.45) is -0.427. The first-order valence-corrected chi connectivity index (χ1v) is 3.62. The number of hydrogen-bond donors (Lipinski definition) is 1. The third kappa shape index (κ3) is 0.921. The molecular weight excluding hydrogens is 154 g/mol. The quantitative estimate of drug-likeness (QED) is 0.632. The minimum atomic E-state index is -2.58. The van der Waals surface area contributed by atoms with E-state index in [2.05, 4.69) is 0 Å². The fourth-order valence-corrected chi connectivity index (χ4v) is 2.14. The molecule has 2 fully saturated rings. The Morgan fingerprint density at radius 3 is 2.18 bits per heavy atom. The van der Waals surface area contributed by atoms with Crippen LogP contribution in [0, 0.1) is 17.8 Å². The summed E-state index contributed by atoms with van der Waals surface area (Å²) in [4.78, 5) is 10.3. The lowest BCUT2D eigenvalue weighted by Gasteiger charge is -2.10. The molecule has 0 bridgehead atoms. The first-order chi connectivity index (χ1) is 5.01. The van der Waals surface area contributed by atoms with Crippen LogP contribution in [0.4, 0.5) is 8.78 Å². The zero-order valence-corrected chi connectivity index (χ0v) is 5.76. The molecule has 3 atom stereocenters. The Labute approximate surface area is 62.2 Å². The molecule has 2 nitrogen and oxygen atoms in total. The first kappa shape index (κ1) is 7.00. The number of alkyl halides is 2. The summed E-state index contributed by atoms with van der Waals surface area (Å²) in [6.45, 7) is 0. The Hall–Kier alpha value is -0.670. The van der Waals surface area contributed by atoms with Crippen LogP contribution in [0.2, 0.25) is 0 Å². The highest BCUT2D eigenvalue weighted by Gasteiger charge is 2.65. The zero-order chi connectivity index (χ0) is 8.22. The number of halogens is 2. The van der Waals surface area contributed by atoms with Gasteiger partial charge in [-0.15, -0.1) is 0 Å². The van der Waals surface area contributed by atoms with E-state index in [0.29, 0.717) is 0 Å². The van der Waals surface area contributed by atoms with Crippen molar-refractivity contribution >= 4 is 5.97 Å². The van der Waals surface area contributed by atoms with Crippen molar-refractivity contribution in [1.29, 1.82) is 0 Å². The standard InChI is InChI=1S/C7H8F2O2/c8-7(9)1-3-4(2-7)5(3)6(10)11/h3-5H,1-2H2,(H,10,11)/t3-,4?,5+/m1/s1. The summed E-state index contributed by atoms with van der Waals surface area (Å²) in [6, 6.07) is 0. The molecule has 0 radical (unpaired) electrons. The number of carbonyl (C=O) groups is 1. The molecule has 2 aliphatic rings. The highest BCUT2D eigenvalue weighted by atomic mass is 19.3. The van der Waals surface area contributed by atoms with Gasteiger partial charge in [0.05, 0.1) is 5.92 Å². The maximum atomic E-state index is 12.5. The van der Waals surface area contributed by atoms with E-state index < -0.39 is 17.8 Å². The van der Waals surface area contributed by atoms with Gasteiger partial charge in [0, 0.05) is 12.8 Å². The van der Waals surface area contributed by atoms with Crippen molar-refractivity contribution in [3.8, 4) is 0 Å². The molecule has 0 aromatic rings. The average molecular weight is 162 g/mol. The molecular formula is C7H8F2O2. The van der Waals surface area contributed by atoms with Gasteiger partial charge in [-0.1, -0.05) is 0 Å². The van der Waals surface area contributed by atoms with Crippen molar-refractivity contribution in [3.05, 3.63) is 0 Å². The van der Waals surface area contributed by atoms with Crippen molar-refractivity contribution in [2.24, 2.45) is 17.8 Å².